The second-order valence-corrected chi connectivity index (χ2v) is 6.72. The third-order valence-corrected chi connectivity index (χ3v) is 4.44. The third kappa shape index (κ3) is 5.84. The number of rotatable bonds is 6. The van der Waals surface area contributed by atoms with E-state index in [9.17, 15) is 14.9 Å². The van der Waals surface area contributed by atoms with E-state index in [0.717, 1.165) is 5.56 Å². The van der Waals surface area contributed by atoms with Crippen LogP contribution in [-0.2, 0) is 9.59 Å². The number of carboxylic acids is 1. The van der Waals surface area contributed by atoms with E-state index < -0.39 is 18.5 Å². The summed E-state index contributed by atoms with van der Waals surface area (Å²) in [7, 11) is 0. The summed E-state index contributed by atoms with van der Waals surface area (Å²) in [4.78, 5) is 22.9. The lowest BCUT2D eigenvalue weighted by molar-refractivity contribution is -0.139. The van der Waals surface area contributed by atoms with E-state index >= 15 is 0 Å². The lowest BCUT2D eigenvalue weighted by atomic mass is 10.1. The van der Waals surface area contributed by atoms with Gasteiger partial charge in [0.25, 0.3) is 5.91 Å². The zero-order chi connectivity index (χ0) is 20.0. The molecule has 0 aromatic heterocycles. The van der Waals surface area contributed by atoms with Gasteiger partial charge in [-0.25, -0.2) is 4.79 Å². The van der Waals surface area contributed by atoms with Crippen molar-refractivity contribution in [1.82, 2.24) is 0 Å². The number of anilines is 1. The van der Waals surface area contributed by atoms with E-state index in [1.54, 1.807) is 36.4 Å². The van der Waals surface area contributed by atoms with Crippen molar-refractivity contribution >= 4 is 51.2 Å². The summed E-state index contributed by atoms with van der Waals surface area (Å²) in [6, 6.07) is 11.7. The molecule has 138 valence electrons. The Hall–Kier alpha value is -2.82. The number of carboxylic acid groups (broad SMARTS) is 1. The molecule has 0 heterocycles. The summed E-state index contributed by atoms with van der Waals surface area (Å²) in [5, 5.41) is 21.1. The normalized spacial score (nSPS) is 10.8. The Bertz CT molecular complexity index is 967. The average Bonchev–Trinajstić information content (AvgIpc) is 2.61. The molecule has 0 aliphatic heterocycles. The standard InChI is InChI=1S/C19H14BrClN2O4/c1-11-2-4-14(8-16(11)21)23-19(26)13(9-22)6-12-3-5-17(15(20)7-12)27-10-18(24)25/h2-8H,10H2,1H3,(H,23,26)(H,24,25)/b13-6-. The number of nitrogens with zero attached hydrogens (tertiary/aromatic N) is 1. The molecular formula is C19H14BrClN2O4. The molecule has 0 saturated heterocycles. The first-order chi connectivity index (χ1) is 12.8. The third-order valence-electron chi connectivity index (χ3n) is 3.41. The summed E-state index contributed by atoms with van der Waals surface area (Å²) < 4.78 is 5.61. The number of nitrogens with one attached hydrogen (secondary N) is 1. The minimum Gasteiger partial charge on any atom is -0.481 e. The Kier molecular flexibility index (Phi) is 6.99. The average molecular weight is 450 g/mol. The molecule has 2 N–H and O–H groups in total. The maximum Gasteiger partial charge on any atom is 0.341 e. The Morgan fingerprint density at radius 2 is 2.07 bits per heavy atom. The van der Waals surface area contributed by atoms with Crippen LogP contribution < -0.4 is 10.1 Å². The number of hydrogen-bond acceptors (Lipinski definition) is 4. The number of amides is 1. The van der Waals surface area contributed by atoms with Crippen molar-refractivity contribution in [2.45, 2.75) is 6.92 Å². The van der Waals surface area contributed by atoms with Gasteiger partial charge in [-0.15, -0.1) is 0 Å². The van der Waals surface area contributed by atoms with Gasteiger partial charge in [-0.2, -0.15) is 5.26 Å². The highest BCUT2D eigenvalue weighted by atomic mass is 79.9. The number of ether oxygens (including phenoxy) is 1. The molecule has 0 atom stereocenters. The monoisotopic (exact) mass is 448 g/mol. The highest BCUT2D eigenvalue weighted by Gasteiger charge is 2.11. The van der Waals surface area contributed by atoms with E-state index in [4.69, 9.17) is 21.4 Å². The van der Waals surface area contributed by atoms with Crippen LogP contribution in [0.5, 0.6) is 5.75 Å². The van der Waals surface area contributed by atoms with Gasteiger partial charge in [0, 0.05) is 10.7 Å². The Labute approximate surface area is 169 Å². The topological polar surface area (TPSA) is 99.4 Å². The van der Waals surface area contributed by atoms with E-state index in [1.165, 1.54) is 6.08 Å². The van der Waals surface area contributed by atoms with Crippen LogP contribution >= 0.6 is 27.5 Å². The minimum atomic E-state index is -1.09. The number of carbonyl (C=O) groups excluding carboxylic acids is 1. The maximum atomic E-state index is 12.3. The van der Waals surface area contributed by atoms with Crippen LogP contribution in [0, 0.1) is 18.3 Å². The zero-order valence-corrected chi connectivity index (χ0v) is 16.5. The molecule has 2 aromatic rings. The van der Waals surface area contributed by atoms with Crippen molar-refractivity contribution < 1.29 is 19.4 Å². The fourth-order valence-electron chi connectivity index (χ4n) is 2.05. The SMILES string of the molecule is Cc1ccc(NC(=O)/C(C#N)=C\c2ccc(OCC(=O)O)c(Br)c2)cc1Cl. The predicted octanol–water partition coefficient (Wildman–Crippen LogP) is 4.42. The number of hydrogen-bond donors (Lipinski definition) is 2. The van der Waals surface area contributed by atoms with Gasteiger partial charge in [-0.3, -0.25) is 4.79 Å². The van der Waals surface area contributed by atoms with Crippen LogP contribution in [0.15, 0.2) is 46.4 Å². The summed E-state index contributed by atoms with van der Waals surface area (Å²) in [6.07, 6.45) is 1.41. The van der Waals surface area contributed by atoms with Crippen LogP contribution in [-0.4, -0.2) is 23.6 Å². The summed E-state index contributed by atoms with van der Waals surface area (Å²) in [5.41, 5.74) is 1.83. The highest BCUT2D eigenvalue weighted by Crippen LogP contribution is 2.27. The smallest absolute Gasteiger partial charge is 0.341 e. The number of aliphatic carboxylic acids is 1. The van der Waals surface area contributed by atoms with Crippen molar-refractivity contribution in [3.05, 3.63) is 62.6 Å². The second-order valence-electron chi connectivity index (χ2n) is 5.46. The van der Waals surface area contributed by atoms with E-state index in [2.05, 4.69) is 21.2 Å². The molecule has 0 spiro atoms. The van der Waals surface area contributed by atoms with Crippen molar-refractivity contribution in [3.8, 4) is 11.8 Å². The molecular weight excluding hydrogens is 436 g/mol. The lowest BCUT2D eigenvalue weighted by Gasteiger charge is -2.08. The van der Waals surface area contributed by atoms with E-state index in [1.807, 2.05) is 13.0 Å². The van der Waals surface area contributed by atoms with Gasteiger partial charge < -0.3 is 15.2 Å². The summed E-state index contributed by atoms with van der Waals surface area (Å²) in [5.74, 6) is -1.32. The molecule has 2 rings (SSSR count). The summed E-state index contributed by atoms with van der Waals surface area (Å²) in [6.45, 7) is 1.37. The van der Waals surface area contributed by atoms with Crippen LogP contribution in [0.25, 0.3) is 6.08 Å². The van der Waals surface area contributed by atoms with Gasteiger partial charge in [-0.1, -0.05) is 23.7 Å². The molecule has 2 aromatic carbocycles. The van der Waals surface area contributed by atoms with Crippen LogP contribution in [0.3, 0.4) is 0 Å². The molecule has 0 bridgehead atoms. The first-order valence-corrected chi connectivity index (χ1v) is 8.80. The van der Waals surface area contributed by atoms with Crippen LogP contribution in [0.1, 0.15) is 11.1 Å². The number of aryl methyl sites for hydroxylation is 1. The van der Waals surface area contributed by atoms with E-state index in [-0.39, 0.29) is 5.57 Å². The first-order valence-electron chi connectivity index (χ1n) is 7.63. The van der Waals surface area contributed by atoms with Crippen molar-refractivity contribution in [3.63, 3.8) is 0 Å². The molecule has 0 aliphatic carbocycles. The molecule has 0 aliphatic rings. The highest BCUT2D eigenvalue weighted by molar-refractivity contribution is 9.10. The minimum absolute atomic E-state index is 0.0993. The first kappa shape index (κ1) is 20.5. The molecule has 0 fully saturated rings. The fourth-order valence-corrected chi connectivity index (χ4v) is 2.74. The van der Waals surface area contributed by atoms with Crippen molar-refractivity contribution in [1.29, 1.82) is 5.26 Å². The molecule has 0 saturated carbocycles. The van der Waals surface area contributed by atoms with Gasteiger partial charge >= 0.3 is 5.97 Å². The molecule has 0 radical (unpaired) electrons. The number of carbonyl (C=O) groups is 2. The van der Waals surface area contributed by atoms with Gasteiger partial charge in [0.15, 0.2) is 6.61 Å². The van der Waals surface area contributed by atoms with Gasteiger partial charge in [0.1, 0.15) is 17.4 Å². The Morgan fingerprint density at radius 3 is 2.67 bits per heavy atom. The van der Waals surface area contributed by atoms with Crippen molar-refractivity contribution in [2.24, 2.45) is 0 Å². The quantitative estimate of drug-likeness (QED) is 0.502. The van der Waals surface area contributed by atoms with E-state index in [0.29, 0.717) is 26.5 Å². The van der Waals surface area contributed by atoms with Crippen LogP contribution in [0.2, 0.25) is 5.02 Å². The number of halogens is 2. The van der Waals surface area contributed by atoms with Crippen molar-refractivity contribution in [2.75, 3.05) is 11.9 Å². The predicted molar refractivity (Wildman–Crippen MR) is 106 cm³/mol. The largest absolute Gasteiger partial charge is 0.481 e. The summed E-state index contributed by atoms with van der Waals surface area (Å²) >= 11 is 9.30. The zero-order valence-electron chi connectivity index (χ0n) is 14.1. The number of benzene rings is 2. The Morgan fingerprint density at radius 1 is 1.33 bits per heavy atom. The number of nitriles is 1. The Balaban J connectivity index is 2.18. The molecule has 6 nitrogen and oxygen atoms in total. The molecule has 1 amide bonds. The fraction of sp³-hybridized carbons (Fsp3) is 0.105. The molecule has 8 heteroatoms. The van der Waals surface area contributed by atoms with Gasteiger partial charge in [0.05, 0.1) is 4.47 Å². The second kappa shape index (κ2) is 9.21. The van der Waals surface area contributed by atoms with Gasteiger partial charge in [-0.05, 0) is 64.3 Å². The lowest BCUT2D eigenvalue weighted by Crippen LogP contribution is -2.13. The maximum absolute atomic E-state index is 12.3. The molecule has 0 unspecified atom stereocenters. The van der Waals surface area contributed by atoms with Crippen LogP contribution in [0.4, 0.5) is 5.69 Å². The van der Waals surface area contributed by atoms with Gasteiger partial charge in [0.2, 0.25) is 0 Å². The molecule has 27 heavy (non-hydrogen) atoms.